The molecule has 1 aliphatic heterocycles. The van der Waals surface area contributed by atoms with E-state index in [1.54, 1.807) is 7.11 Å². The molecule has 1 fully saturated rings. The van der Waals surface area contributed by atoms with Gasteiger partial charge in [-0.05, 0) is 23.3 Å². The van der Waals surface area contributed by atoms with Gasteiger partial charge in [0.1, 0.15) is 11.1 Å². The van der Waals surface area contributed by atoms with Crippen molar-refractivity contribution in [3.63, 3.8) is 0 Å². The van der Waals surface area contributed by atoms with Crippen LogP contribution < -0.4 is 4.74 Å². The summed E-state index contributed by atoms with van der Waals surface area (Å²) in [6.45, 7) is 0.819. The number of amides is 1. The lowest BCUT2D eigenvalue weighted by atomic mass is 10.1. The van der Waals surface area contributed by atoms with Gasteiger partial charge in [-0.2, -0.15) is 0 Å². The summed E-state index contributed by atoms with van der Waals surface area (Å²) in [5.41, 5.74) is 2.22. The van der Waals surface area contributed by atoms with Gasteiger partial charge < -0.3 is 9.64 Å². The van der Waals surface area contributed by atoms with Gasteiger partial charge in [-0.3, -0.25) is 4.79 Å². The number of hydrogen-bond acceptors (Lipinski definition) is 3. The first-order chi connectivity index (χ1) is 10.8. The Kier molecular flexibility index (Phi) is 4.68. The van der Waals surface area contributed by atoms with E-state index >= 15 is 0 Å². The molecule has 1 heterocycles. The highest BCUT2D eigenvalue weighted by Gasteiger charge is 2.30. The lowest BCUT2D eigenvalue weighted by Gasteiger charge is -2.24. The van der Waals surface area contributed by atoms with Gasteiger partial charge in [0.2, 0.25) is 5.91 Å². The zero-order chi connectivity index (χ0) is 15.4. The molecular weight excluding hydrogens is 294 g/mol. The zero-order valence-corrected chi connectivity index (χ0v) is 13.4. The van der Waals surface area contributed by atoms with Crippen LogP contribution in [0.5, 0.6) is 5.75 Å². The minimum Gasteiger partial charge on any atom is -0.497 e. The Hall–Kier alpha value is -1.94. The normalized spacial score (nSPS) is 17.5. The predicted molar refractivity (Wildman–Crippen MR) is 90.1 cm³/mol. The van der Waals surface area contributed by atoms with Crippen LogP contribution in [0.25, 0.3) is 0 Å². The number of carbonyl (C=O) groups excluding carboxylic acids is 1. The molecule has 3 rings (SSSR count). The molecule has 0 bridgehead atoms. The highest BCUT2D eigenvalue weighted by molar-refractivity contribution is 7.99. The van der Waals surface area contributed by atoms with Crippen molar-refractivity contribution in [3.8, 4) is 5.75 Å². The molecule has 114 valence electrons. The van der Waals surface area contributed by atoms with E-state index in [1.165, 1.54) is 5.56 Å². The van der Waals surface area contributed by atoms with Crippen molar-refractivity contribution in [2.75, 3.05) is 19.4 Å². The van der Waals surface area contributed by atoms with Crippen LogP contribution in [0.15, 0.2) is 54.6 Å². The Morgan fingerprint density at radius 3 is 2.59 bits per heavy atom. The molecule has 4 heteroatoms. The van der Waals surface area contributed by atoms with Crippen LogP contribution in [-0.2, 0) is 11.2 Å². The molecule has 1 aliphatic rings. The first kappa shape index (κ1) is 15.0. The summed E-state index contributed by atoms with van der Waals surface area (Å²) in [4.78, 5) is 14.6. The maximum absolute atomic E-state index is 12.6. The summed E-state index contributed by atoms with van der Waals surface area (Å²) in [5.74, 6) is 1.99. The average molecular weight is 313 g/mol. The molecule has 0 N–H and O–H groups in total. The van der Waals surface area contributed by atoms with E-state index in [-0.39, 0.29) is 11.3 Å². The molecule has 22 heavy (non-hydrogen) atoms. The number of benzene rings is 2. The van der Waals surface area contributed by atoms with Gasteiger partial charge in [0.25, 0.3) is 0 Å². The molecule has 0 saturated carbocycles. The zero-order valence-electron chi connectivity index (χ0n) is 12.6. The molecule has 0 aliphatic carbocycles. The molecule has 0 aromatic heterocycles. The van der Waals surface area contributed by atoms with Crippen molar-refractivity contribution >= 4 is 17.7 Å². The van der Waals surface area contributed by atoms with Gasteiger partial charge in [0.15, 0.2) is 0 Å². The van der Waals surface area contributed by atoms with Crippen molar-refractivity contribution in [2.45, 2.75) is 11.8 Å². The van der Waals surface area contributed by atoms with Crippen molar-refractivity contribution in [1.29, 1.82) is 0 Å². The van der Waals surface area contributed by atoms with E-state index in [0.717, 1.165) is 23.6 Å². The Bertz CT molecular complexity index is 627. The Balaban J connectivity index is 1.70. The van der Waals surface area contributed by atoms with Gasteiger partial charge in [-0.1, -0.05) is 42.5 Å². The largest absolute Gasteiger partial charge is 0.497 e. The fourth-order valence-electron chi connectivity index (χ4n) is 2.64. The lowest BCUT2D eigenvalue weighted by Crippen LogP contribution is -2.31. The van der Waals surface area contributed by atoms with Crippen molar-refractivity contribution in [2.24, 2.45) is 0 Å². The number of hydrogen-bond donors (Lipinski definition) is 0. The minimum atomic E-state index is 0.145. The Morgan fingerprint density at radius 1 is 1.18 bits per heavy atom. The van der Waals surface area contributed by atoms with Crippen LogP contribution in [0.2, 0.25) is 0 Å². The molecule has 0 spiro atoms. The summed E-state index contributed by atoms with van der Waals surface area (Å²) < 4.78 is 5.15. The second-order valence-electron chi connectivity index (χ2n) is 5.25. The Morgan fingerprint density at radius 2 is 1.91 bits per heavy atom. The van der Waals surface area contributed by atoms with Crippen molar-refractivity contribution in [3.05, 3.63) is 65.7 Å². The van der Waals surface area contributed by atoms with E-state index in [1.807, 2.05) is 59.1 Å². The fraction of sp³-hybridized carbons (Fsp3) is 0.278. The Labute approximate surface area is 135 Å². The summed E-state index contributed by atoms with van der Waals surface area (Å²) in [6, 6.07) is 18.0. The number of rotatable bonds is 4. The number of ether oxygens (including phenoxy) is 1. The summed E-state index contributed by atoms with van der Waals surface area (Å²) in [7, 11) is 1.64. The number of thioether (sulfide) groups is 1. The maximum atomic E-state index is 12.6. The van der Waals surface area contributed by atoms with E-state index < -0.39 is 0 Å². The predicted octanol–water partition coefficient (Wildman–Crippen LogP) is 3.51. The summed E-state index contributed by atoms with van der Waals surface area (Å²) in [6.07, 6.45) is 0.438. The van der Waals surface area contributed by atoms with Crippen LogP contribution in [-0.4, -0.2) is 30.2 Å². The minimum absolute atomic E-state index is 0.145. The maximum Gasteiger partial charge on any atom is 0.228 e. The third-order valence-electron chi connectivity index (χ3n) is 3.81. The van der Waals surface area contributed by atoms with Crippen molar-refractivity contribution < 1.29 is 9.53 Å². The van der Waals surface area contributed by atoms with Crippen LogP contribution in [0.1, 0.15) is 16.5 Å². The smallest absolute Gasteiger partial charge is 0.228 e. The molecule has 1 atom stereocenters. The SMILES string of the molecule is COc1ccc(CC(=O)N2CCSC2c2ccccc2)cc1. The van der Waals surface area contributed by atoms with Gasteiger partial charge in [-0.15, -0.1) is 11.8 Å². The molecule has 0 radical (unpaired) electrons. The summed E-state index contributed by atoms with van der Waals surface area (Å²) >= 11 is 1.83. The lowest BCUT2D eigenvalue weighted by molar-refractivity contribution is -0.130. The number of methoxy groups -OCH3 is 1. The van der Waals surface area contributed by atoms with Gasteiger partial charge in [0, 0.05) is 12.3 Å². The van der Waals surface area contributed by atoms with E-state index in [2.05, 4.69) is 12.1 Å². The molecule has 1 amide bonds. The third kappa shape index (κ3) is 3.28. The van der Waals surface area contributed by atoms with Crippen LogP contribution in [0.4, 0.5) is 0 Å². The molecule has 3 nitrogen and oxygen atoms in total. The van der Waals surface area contributed by atoms with Crippen LogP contribution >= 0.6 is 11.8 Å². The second-order valence-corrected chi connectivity index (χ2v) is 6.43. The van der Waals surface area contributed by atoms with Crippen molar-refractivity contribution in [1.82, 2.24) is 4.90 Å². The first-order valence-electron chi connectivity index (χ1n) is 7.37. The highest BCUT2D eigenvalue weighted by atomic mass is 32.2. The average Bonchev–Trinajstić information content (AvgIpc) is 3.06. The number of nitrogens with zero attached hydrogens (tertiary/aromatic N) is 1. The van der Waals surface area contributed by atoms with E-state index in [9.17, 15) is 4.79 Å². The standard InChI is InChI=1S/C18H19NO2S/c1-21-16-9-7-14(8-10-16)13-17(20)19-11-12-22-18(19)15-5-3-2-4-6-15/h2-10,18H,11-13H2,1H3. The second kappa shape index (κ2) is 6.88. The topological polar surface area (TPSA) is 29.5 Å². The van der Waals surface area contributed by atoms with Gasteiger partial charge >= 0.3 is 0 Å². The van der Waals surface area contributed by atoms with Gasteiger partial charge in [-0.25, -0.2) is 0 Å². The van der Waals surface area contributed by atoms with Gasteiger partial charge in [0.05, 0.1) is 13.5 Å². The quantitative estimate of drug-likeness (QED) is 0.865. The molecule has 1 saturated heterocycles. The van der Waals surface area contributed by atoms with Crippen LogP contribution in [0, 0.1) is 0 Å². The summed E-state index contributed by atoms with van der Waals surface area (Å²) in [5, 5.41) is 0.145. The number of carbonyl (C=O) groups is 1. The van der Waals surface area contributed by atoms with Crippen LogP contribution in [0.3, 0.4) is 0 Å². The third-order valence-corrected chi connectivity index (χ3v) is 5.07. The molecular formula is C18H19NO2S. The molecule has 2 aromatic carbocycles. The first-order valence-corrected chi connectivity index (χ1v) is 8.42. The molecule has 2 aromatic rings. The molecule has 1 unspecified atom stereocenters. The monoisotopic (exact) mass is 313 g/mol. The van der Waals surface area contributed by atoms with E-state index in [0.29, 0.717) is 6.42 Å². The highest BCUT2D eigenvalue weighted by Crippen LogP contribution is 2.38. The fourth-order valence-corrected chi connectivity index (χ4v) is 3.92. The van der Waals surface area contributed by atoms with E-state index in [4.69, 9.17) is 4.74 Å².